The van der Waals surface area contributed by atoms with Crippen LogP contribution in [0, 0.1) is 11.8 Å². The number of rotatable bonds is 5. The number of halogens is 2. The van der Waals surface area contributed by atoms with Crippen molar-refractivity contribution in [3.63, 3.8) is 0 Å². The van der Waals surface area contributed by atoms with Crippen LogP contribution >= 0.6 is 27.5 Å². The fourth-order valence-electron chi connectivity index (χ4n) is 1.95. The molecule has 19 heavy (non-hydrogen) atoms. The van der Waals surface area contributed by atoms with Crippen LogP contribution in [0.15, 0.2) is 22.7 Å². The summed E-state index contributed by atoms with van der Waals surface area (Å²) in [6, 6.07) is 6.17. The summed E-state index contributed by atoms with van der Waals surface area (Å²) in [6.07, 6.45) is 1.02. The van der Waals surface area contributed by atoms with Gasteiger partial charge in [0, 0.05) is 15.0 Å². The standard InChI is InChI=1S/C16H25BrClN/c1-11(2)13(10-19-16(3,4)5)8-12-6-7-14(17)9-15(12)18/h6-7,9,11,13,19H,8,10H2,1-5H3. The topological polar surface area (TPSA) is 12.0 Å². The molecule has 0 amide bonds. The van der Waals surface area contributed by atoms with E-state index < -0.39 is 0 Å². The first-order valence-corrected chi connectivity index (χ1v) is 8.05. The zero-order chi connectivity index (χ0) is 14.6. The van der Waals surface area contributed by atoms with Crippen LogP contribution in [0.2, 0.25) is 5.02 Å². The summed E-state index contributed by atoms with van der Waals surface area (Å²) in [5, 5.41) is 4.46. The van der Waals surface area contributed by atoms with Crippen molar-refractivity contribution in [2.24, 2.45) is 11.8 Å². The molecule has 0 saturated carbocycles. The fourth-order valence-corrected chi connectivity index (χ4v) is 2.70. The molecule has 0 bridgehead atoms. The second-order valence-electron chi connectivity index (χ2n) is 6.57. The molecule has 0 spiro atoms. The van der Waals surface area contributed by atoms with Gasteiger partial charge in [-0.3, -0.25) is 0 Å². The molecule has 1 aromatic rings. The van der Waals surface area contributed by atoms with Crippen LogP contribution in [0.5, 0.6) is 0 Å². The molecule has 108 valence electrons. The van der Waals surface area contributed by atoms with Crippen LogP contribution in [0.1, 0.15) is 40.2 Å². The van der Waals surface area contributed by atoms with Gasteiger partial charge >= 0.3 is 0 Å². The predicted octanol–water partition coefficient (Wildman–Crippen LogP) is 5.31. The minimum Gasteiger partial charge on any atom is -0.312 e. The van der Waals surface area contributed by atoms with E-state index in [4.69, 9.17) is 11.6 Å². The highest BCUT2D eigenvalue weighted by atomic mass is 79.9. The predicted molar refractivity (Wildman–Crippen MR) is 88.9 cm³/mol. The van der Waals surface area contributed by atoms with Crippen LogP contribution in [0.3, 0.4) is 0 Å². The van der Waals surface area contributed by atoms with Gasteiger partial charge in [0.2, 0.25) is 0 Å². The monoisotopic (exact) mass is 345 g/mol. The number of benzene rings is 1. The second kappa shape index (κ2) is 7.10. The van der Waals surface area contributed by atoms with Crippen molar-refractivity contribution in [3.8, 4) is 0 Å². The van der Waals surface area contributed by atoms with Crippen LogP contribution < -0.4 is 5.32 Å². The van der Waals surface area contributed by atoms with E-state index in [-0.39, 0.29) is 5.54 Å². The van der Waals surface area contributed by atoms with E-state index in [1.54, 1.807) is 0 Å². The van der Waals surface area contributed by atoms with Gasteiger partial charge in [0.1, 0.15) is 0 Å². The average molecular weight is 347 g/mol. The Labute approximate surface area is 131 Å². The minimum absolute atomic E-state index is 0.163. The Morgan fingerprint density at radius 1 is 1.26 bits per heavy atom. The Balaban J connectivity index is 2.73. The lowest BCUT2D eigenvalue weighted by molar-refractivity contribution is 0.312. The lowest BCUT2D eigenvalue weighted by Gasteiger charge is -2.28. The zero-order valence-electron chi connectivity index (χ0n) is 12.6. The Morgan fingerprint density at radius 2 is 1.89 bits per heavy atom. The molecule has 0 aliphatic rings. The molecular weight excluding hydrogens is 322 g/mol. The minimum atomic E-state index is 0.163. The van der Waals surface area contributed by atoms with E-state index >= 15 is 0 Å². The summed E-state index contributed by atoms with van der Waals surface area (Å²) in [5.74, 6) is 1.23. The average Bonchev–Trinajstić information content (AvgIpc) is 2.24. The third kappa shape index (κ3) is 6.29. The summed E-state index contributed by atoms with van der Waals surface area (Å²) in [7, 11) is 0. The molecule has 3 heteroatoms. The first-order valence-electron chi connectivity index (χ1n) is 6.88. The molecule has 0 aromatic heterocycles. The molecule has 1 N–H and O–H groups in total. The maximum atomic E-state index is 6.32. The van der Waals surface area contributed by atoms with Gasteiger partial charge in [-0.25, -0.2) is 0 Å². The molecule has 1 aromatic carbocycles. The summed E-state index contributed by atoms with van der Waals surface area (Å²) < 4.78 is 1.04. The van der Waals surface area contributed by atoms with Crippen LogP contribution in [0.4, 0.5) is 0 Å². The summed E-state index contributed by atoms with van der Waals surface area (Å²) in [4.78, 5) is 0. The molecule has 0 fully saturated rings. The molecule has 0 saturated heterocycles. The number of hydrogen-bond donors (Lipinski definition) is 1. The molecule has 0 radical (unpaired) electrons. The third-order valence-electron chi connectivity index (χ3n) is 3.33. The van der Waals surface area contributed by atoms with Gasteiger partial charge < -0.3 is 5.32 Å². The normalized spacial score (nSPS) is 13.9. The Kier molecular flexibility index (Phi) is 6.35. The molecule has 1 atom stereocenters. The SMILES string of the molecule is CC(C)C(CNC(C)(C)C)Cc1ccc(Br)cc1Cl. The van der Waals surface area contributed by atoms with E-state index in [1.807, 2.05) is 6.07 Å². The molecule has 0 aliphatic carbocycles. The highest BCUT2D eigenvalue weighted by Crippen LogP contribution is 2.26. The van der Waals surface area contributed by atoms with E-state index in [1.165, 1.54) is 5.56 Å². The van der Waals surface area contributed by atoms with Crippen molar-refractivity contribution >= 4 is 27.5 Å². The molecule has 1 unspecified atom stereocenters. The Bertz CT molecular complexity index is 410. The van der Waals surface area contributed by atoms with Gasteiger partial charge in [0.25, 0.3) is 0 Å². The van der Waals surface area contributed by atoms with E-state index in [9.17, 15) is 0 Å². The van der Waals surface area contributed by atoms with E-state index in [0.29, 0.717) is 11.8 Å². The maximum absolute atomic E-state index is 6.32. The maximum Gasteiger partial charge on any atom is 0.0449 e. The number of nitrogens with one attached hydrogen (secondary N) is 1. The fraction of sp³-hybridized carbons (Fsp3) is 0.625. The van der Waals surface area contributed by atoms with Crippen molar-refractivity contribution in [1.29, 1.82) is 0 Å². The summed E-state index contributed by atoms with van der Waals surface area (Å²) >= 11 is 9.77. The van der Waals surface area contributed by atoms with Crippen LogP contribution in [0.25, 0.3) is 0 Å². The van der Waals surface area contributed by atoms with Crippen molar-refractivity contribution in [2.45, 2.75) is 46.6 Å². The highest BCUT2D eigenvalue weighted by molar-refractivity contribution is 9.10. The molecule has 1 rings (SSSR count). The van der Waals surface area contributed by atoms with Crippen molar-refractivity contribution in [2.75, 3.05) is 6.54 Å². The largest absolute Gasteiger partial charge is 0.312 e. The highest BCUT2D eigenvalue weighted by Gasteiger charge is 2.18. The van der Waals surface area contributed by atoms with Gasteiger partial charge in [-0.15, -0.1) is 0 Å². The van der Waals surface area contributed by atoms with Gasteiger partial charge in [-0.05, 0) is 63.3 Å². The van der Waals surface area contributed by atoms with Crippen LogP contribution in [-0.4, -0.2) is 12.1 Å². The summed E-state index contributed by atoms with van der Waals surface area (Å²) in [6.45, 7) is 12.2. The first kappa shape index (κ1) is 17.0. The molecule has 0 aliphatic heterocycles. The van der Waals surface area contributed by atoms with Crippen molar-refractivity contribution in [3.05, 3.63) is 33.3 Å². The molecular formula is C16H25BrClN. The smallest absolute Gasteiger partial charge is 0.0449 e. The lowest BCUT2D eigenvalue weighted by atomic mass is 9.88. The van der Waals surface area contributed by atoms with Gasteiger partial charge in [-0.1, -0.05) is 47.4 Å². The Hall–Kier alpha value is -0.0500. The van der Waals surface area contributed by atoms with Gasteiger partial charge in [0.15, 0.2) is 0 Å². The lowest BCUT2D eigenvalue weighted by Crippen LogP contribution is -2.40. The van der Waals surface area contributed by atoms with Crippen molar-refractivity contribution in [1.82, 2.24) is 5.32 Å². The van der Waals surface area contributed by atoms with Crippen LogP contribution in [-0.2, 0) is 6.42 Å². The van der Waals surface area contributed by atoms with E-state index in [2.05, 4.69) is 68.0 Å². The molecule has 1 nitrogen and oxygen atoms in total. The molecule has 0 heterocycles. The second-order valence-corrected chi connectivity index (χ2v) is 7.90. The van der Waals surface area contributed by atoms with Gasteiger partial charge in [-0.2, -0.15) is 0 Å². The Morgan fingerprint density at radius 3 is 2.37 bits per heavy atom. The quantitative estimate of drug-likeness (QED) is 0.762. The van der Waals surface area contributed by atoms with Crippen molar-refractivity contribution < 1.29 is 0 Å². The van der Waals surface area contributed by atoms with Gasteiger partial charge in [0.05, 0.1) is 0 Å². The van der Waals surface area contributed by atoms with E-state index in [0.717, 1.165) is 22.5 Å². The third-order valence-corrected chi connectivity index (χ3v) is 4.18. The zero-order valence-corrected chi connectivity index (χ0v) is 14.9. The first-order chi connectivity index (χ1) is 8.69. The summed E-state index contributed by atoms with van der Waals surface area (Å²) in [5.41, 5.74) is 1.40. The number of hydrogen-bond acceptors (Lipinski definition) is 1.